The van der Waals surface area contributed by atoms with E-state index in [0.717, 1.165) is 0 Å². The normalized spacial score (nSPS) is 10.2. The zero-order valence-electron chi connectivity index (χ0n) is 8.93. The van der Waals surface area contributed by atoms with Gasteiger partial charge in [-0.25, -0.2) is 0 Å². The van der Waals surface area contributed by atoms with Crippen molar-refractivity contribution in [2.75, 3.05) is 31.7 Å². The van der Waals surface area contributed by atoms with Gasteiger partial charge in [0.2, 0.25) is 0 Å². The van der Waals surface area contributed by atoms with E-state index in [4.69, 9.17) is 9.84 Å². The summed E-state index contributed by atoms with van der Waals surface area (Å²) in [5.74, 6) is -0.227. The number of nitrogens with one attached hydrogen (secondary N) is 1. The predicted molar refractivity (Wildman–Crippen MR) is 65.0 cm³/mol. The van der Waals surface area contributed by atoms with Crippen LogP contribution in [-0.2, 0) is 4.74 Å². The number of ether oxygens (including phenoxy) is 1. The van der Waals surface area contributed by atoms with Gasteiger partial charge in [-0.1, -0.05) is 0 Å². The second-order valence-electron chi connectivity index (χ2n) is 3.04. The molecule has 7 nitrogen and oxygen atoms in total. The Balaban J connectivity index is 2.56. The maximum absolute atomic E-state index is 10.7. The second-order valence-corrected chi connectivity index (χ2v) is 3.96. The van der Waals surface area contributed by atoms with Crippen LogP contribution < -0.4 is 5.32 Å². The average molecular weight is 306 g/mol. The van der Waals surface area contributed by atoms with Gasteiger partial charge in [0.15, 0.2) is 6.20 Å². The van der Waals surface area contributed by atoms with Crippen molar-refractivity contribution >= 4 is 27.4 Å². The minimum absolute atomic E-state index is 0.0431. The smallest absolute Gasteiger partial charge is 0.386 e. The summed E-state index contributed by atoms with van der Waals surface area (Å²) >= 11 is 3.19. The topological polar surface area (TPSA) is 97.5 Å². The molecule has 94 valence electrons. The number of aliphatic hydroxyl groups is 1. The summed E-state index contributed by atoms with van der Waals surface area (Å²) in [5.41, 5.74) is 0.331. The van der Waals surface area contributed by atoms with Crippen LogP contribution in [0.15, 0.2) is 16.7 Å². The van der Waals surface area contributed by atoms with Gasteiger partial charge in [0.1, 0.15) is 5.69 Å². The number of rotatable bonds is 7. The van der Waals surface area contributed by atoms with Gasteiger partial charge in [0.25, 0.3) is 0 Å². The van der Waals surface area contributed by atoms with E-state index < -0.39 is 4.92 Å². The van der Waals surface area contributed by atoms with Crippen LogP contribution >= 0.6 is 15.9 Å². The van der Waals surface area contributed by atoms with Crippen molar-refractivity contribution < 1.29 is 14.8 Å². The molecule has 0 fully saturated rings. The van der Waals surface area contributed by atoms with Crippen molar-refractivity contribution in [2.24, 2.45) is 0 Å². The largest absolute Gasteiger partial charge is 0.394 e. The molecule has 0 saturated carbocycles. The predicted octanol–water partition coefficient (Wildman–Crippen LogP) is 1.17. The Bertz CT molecular complexity index is 389. The molecule has 1 heterocycles. The third-order valence-electron chi connectivity index (χ3n) is 1.80. The molecule has 17 heavy (non-hydrogen) atoms. The molecule has 8 heteroatoms. The highest BCUT2D eigenvalue weighted by molar-refractivity contribution is 9.10. The Kier molecular flexibility index (Phi) is 5.81. The van der Waals surface area contributed by atoms with Gasteiger partial charge in [-0.2, -0.15) is 0 Å². The van der Waals surface area contributed by atoms with Crippen LogP contribution in [0.4, 0.5) is 11.5 Å². The Morgan fingerprint density at radius 3 is 3.00 bits per heavy atom. The molecule has 0 aliphatic rings. The lowest BCUT2D eigenvalue weighted by atomic mass is 10.4. The first-order chi connectivity index (χ1) is 8.15. The van der Waals surface area contributed by atoms with Crippen LogP contribution in [-0.4, -0.2) is 41.4 Å². The highest BCUT2D eigenvalue weighted by Gasteiger charge is 2.15. The summed E-state index contributed by atoms with van der Waals surface area (Å²) in [7, 11) is 0. The van der Waals surface area contributed by atoms with Crippen molar-refractivity contribution in [1.29, 1.82) is 0 Å². The molecular formula is C9H12BrN3O4. The molecule has 0 radical (unpaired) electrons. The summed E-state index contributed by atoms with van der Waals surface area (Å²) in [5, 5.41) is 22.0. The third kappa shape index (κ3) is 4.63. The van der Waals surface area contributed by atoms with Gasteiger partial charge in [-0.3, -0.25) is 0 Å². The molecule has 0 saturated heterocycles. The first-order valence-corrected chi connectivity index (χ1v) is 5.67. The standard InChI is InChI=1S/C9H12BrN3O4/c10-7-5-8(9(12-6-7)13(15)16)11-1-3-17-4-2-14/h5-6,11,14H,1-4H2. The molecule has 2 N–H and O–H groups in total. The van der Waals surface area contributed by atoms with Crippen molar-refractivity contribution in [3.8, 4) is 0 Å². The Labute approximate surface area is 106 Å². The van der Waals surface area contributed by atoms with Gasteiger partial charge in [0, 0.05) is 6.54 Å². The van der Waals surface area contributed by atoms with Gasteiger partial charge in [0.05, 0.1) is 24.3 Å². The Morgan fingerprint density at radius 2 is 2.35 bits per heavy atom. The van der Waals surface area contributed by atoms with Gasteiger partial charge in [-0.05, 0) is 31.9 Å². The first kappa shape index (κ1) is 13.8. The molecule has 0 atom stereocenters. The monoisotopic (exact) mass is 305 g/mol. The minimum Gasteiger partial charge on any atom is -0.394 e. The third-order valence-corrected chi connectivity index (χ3v) is 2.24. The van der Waals surface area contributed by atoms with E-state index in [1.807, 2.05) is 0 Å². The van der Waals surface area contributed by atoms with Crippen LogP contribution in [0.3, 0.4) is 0 Å². The van der Waals surface area contributed by atoms with E-state index in [0.29, 0.717) is 23.3 Å². The molecule has 0 bridgehead atoms. The molecule has 1 aromatic heterocycles. The number of hydrogen-bond acceptors (Lipinski definition) is 6. The van der Waals surface area contributed by atoms with Crippen LogP contribution in [0, 0.1) is 10.1 Å². The SMILES string of the molecule is O=[N+]([O-])c1ncc(Br)cc1NCCOCCO. The summed E-state index contributed by atoms with van der Waals surface area (Å²) in [6.45, 7) is 0.961. The van der Waals surface area contributed by atoms with Crippen LogP contribution in [0.1, 0.15) is 0 Å². The molecule has 0 aliphatic carbocycles. The van der Waals surface area contributed by atoms with Crippen molar-refractivity contribution in [3.63, 3.8) is 0 Å². The lowest BCUT2D eigenvalue weighted by Crippen LogP contribution is -2.12. The molecule has 0 spiro atoms. The van der Waals surface area contributed by atoms with Crippen LogP contribution in [0.25, 0.3) is 0 Å². The lowest BCUT2D eigenvalue weighted by molar-refractivity contribution is -0.388. The summed E-state index contributed by atoms with van der Waals surface area (Å²) < 4.78 is 5.68. The maximum atomic E-state index is 10.7. The van der Waals surface area contributed by atoms with E-state index in [1.165, 1.54) is 6.20 Å². The number of anilines is 1. The number of hydrogen-bond donors (Lipinski definition) is 2. The summed E-state index contributed by atoms with van der Waals surface area (Å²) in [4.78, 5) is 13.8. The van der Waals surface area contributed by atoms with Gasteiger partial charge in [-0.15, -0.1) is 0 Å². The molecule has 0 aliphatic heterocycles. The highest BCUT2D eigenvalue weighted by Crippen LogP contribution is 2.24. The maximum Gasteiger partial charge on any atom is 0.386 e. The molecule has 0 unspecified atom stereocenters. The van der Waals surface area contributed by atoms with E-state index >= 15 is 0 Å². The zero-order valence-corrected chi connectivity index (χ0v) is 10.5. The van der Waals surface area contributed by atoms with Gasteiger partial charge >= 0.3 is 5.82 Å². The van der Waals surface area contributed by atoms with Crippen molar-refractivity contribution in [1.82, 2.24) is 4.98 Å². The fraction of sp³-hybridized carbons (Fsp3) is 0.444. The van der Waals surface area contributed by atoms with E-state index in [9.17, 15) is 10.1 Å². The number of pyridine rings is 1. The van der Waals surface area contributed by atoms with Gasteiger partial charge < -0.3 is 25.3 Å². The fourth-order valence-electron chi connectivity index (χ4n) is 1.13. The molecular weight excluding hydrogens is 294 g/mol. The molecule has 1 rings (SSSR count). The summed E-state index contributed by atoms with van der Waals surface area (Å²) in [6.07, 6.45) is 1.37. The Hall–Kier alpha value is -1.25. The highest BCUT2D eigenvalue weighted by atomic mass is 79.9. The van der Waals surface area contributed by atoms with Crippen LogP contribution in [0.5, 0.6) is 0 Å². The molecule has 0 amide bonds. The Morgan fingerprint density at radius 1 is 1.59 bits per heavy atom. The van der Waals surface area contributed by atoms with E-state index in [-0.39, 0.29) is 19.0 Å². The van der Waals surface area contributed by atoms with Crippen LogP contribution in [0.2, 0.25) is 0 Å². The molecule has 0 aromatic carbocycles. The minimum atomic E-state index is -0.552. The lowest BCUT2D eigenvalue weighted by Gasteiger charge is -2.07. The van der Waals surface area contributed by atoms with Crippen molar-refractivity contribution in [3.05, 3.63) is 26.9 Å². The number of nitro groups is 1. The van der Waals surface area contributed by atoms with Crippen molar-refractivity contribution in [2.45, 2.75) is 0 Å². The van der Waals surface area contributed by atoms with E-state index in [1.54, 1.807) is 6.07 Å². The van der Waals surface area contributed by atoms with E-state index in [2.05, 4.69) is 26.2 Å². The number of aliphatic hydroxyl groups excluding tert-OH is 1. The quantitative estimate of drug-likeness (QED) is 0.446. The second kappa shape index (κ2) is 7.15. The first-order valence-electron chi connectivity index (χ1n) is 4.87. The number of nitrogens with zero attached hydrogens (tertiary/aromatic N) is 2. The average Bonchev–Trinajstić information content (AvgIpc) is 2.28. The zero-order chi connectivity index (χ0) is 12.7. The number of aromatic nitrogens is 1. The summed E-state index contributed by atoms with van der Waals surface area (Å²) in [6, 6.07) is 1.58. The molecule has 1 aromatic rings. The fourth-order valence-corrected chi connectivity index (χ4v) is 1.46. The number of halogens is 1.